The second-order valence-electron chi connectivity index (χ2n) is 14.1. The van der Waals surface area contributed by atoms with E-state index in [0.717, 1.165) is 24.7 Å². The molecule has 0 unspecified atom stereocenters. The van der Waals surface area contributed by atoms with E-state index in [-0.39, 0.29) is 11.5 Å². The van der Waals surface area contributed by atoms with Crippen molar-refractivity contribution in [3.63, 3.8) is 0 Å². The lowest BCUT2D eigenvalue weighted by Gasteiger charge is -2.67. The molecule has 0 aromatic heterocycles. The molecule has 32 heavy (non-hydrogen) atoms. The lowest BCUT2D eigenvalue weighted by atomic mass is 9.38. The summed E-state index contributed by atoms with van der Waals surface area (Å²) in [7, 11) is 0. The molecule has 0 aromatic rings. The van der Waals surface area contributed by atoms with Gasteiger partial charge in [-0.3, -0.25) is 0 Å². The Morgan fingerprint density at radius 3 is 2.22 bits per heavy atom. The summed E-state index contributed by atoms with van der Waals surface area (Å²) < 4.78 is 0. The van der Waals surface area contributed by atoms with Crippen LogP contribution in [-0.4, -0.2) is 21.9 Å². The molecule has 2 N–H and O–H groups in total. The van der Waals surface area contributed by atoms with E-state index >= 15 is 0 Å². The molecule has 8 atom stereocenters. The number of fused-ring (bicyclic) bond motifs is 5. The predicted molar refractivity (Wildman–Crippen MR) is 134 cm³/mol. The van der Waals surface area contributed by atoms with Gasteiger partial charge in [-0.15, -0.1) is 0 Å². The monoisotopic (exact) mass is 442 g/mol. The lowest BCUT2D eigenvalue weighted by molar-refractivity contribution is -0.197. The number of allylic oxidation sites excluding steroid dienone is 2. The Hall–Kier alpha value is -0.600. The number of aliphatic hydroxyl groups excluding tert-OH is 1. The van der Waals surface area contributed by atoms with Gasteiger partial charge in [0.2, 0.25) is 0 Å². The Morgan fingerprint density at radius 2 is 1.56 bits per heavy atom. The van der Waals surface area contributed by atoms with Crippen molar-refractivity contribution < 1.29 is 10.2 Å². The van der Waals surface area contributed by atoms with Crippen LogP contribution in [0, 0.1) is 45.3 Å². The van der Waals surface area contributed by atoms with Crippen LogP contribution < -0.4 is 0 Å². The van der Waals surface area contributed by atoms with Crippen LogP contribution in [-0.2, 0) is 0 Å². The van der Waals surface area contributed by atoms with Gasteiger partial charge in [-0.05, 0) is 117 Å². The Balaban J connectivity index is 1.58. The fourth-order valence-electron chi connectivity index (χ4n) is 9.79. The first kappa shape index (κ1) is 24.5. The molecule has 0 bridgehead atoms. The minimum absolute atomic E-state index is 0.0406. The van der Waals surface area contributed by atoms with Crippen LogP contribution in [0.3, 0.4) is 0 Å². The summed E-state index contributed by atoms with van der Waals surface area (Å²) in [5.41, 5.74) is 1.76. The third-order valence-corrected chi connectivity index (χ3v) is 11.8. The largest absolute Gasteiger partial charge is 0.393 e. The highest BCUT2D eigenvalue weighted by Gasteiger charge is 2.67. The topological polar surface area (TPSA) is 40.5 Å². The smallest absolute Gasteiger partial charge is 0.0771 e. The molecule has 4 rings (SSSR count). The van der Waals surface area contributed by atoms with E-state index in [2.05, 4.69) is 47.3 Å². The molecule has 0 aromatic carbocycles. The molecule has 182 valence electrons. The van der Waals surface area contributed by atoms with E-state index in [4.69, 9.17) is 0 Å². The zero-order valence-electron chi connectivity index (χ0n) is 22.0. The summed E-state index contributed by atoms with van der Waals surface area (Å²) in [6, 6.07) is 0. The maximum atomic E-state index is 10.8. The second kappa shape index (κ2) is 7.70. The maximum absolute atomic E-state index is 10.8. The lowest BCUT2D eigenvalue weighted by Crippen LogP contribution is -2.61. The molecule has 0 heterocycles. The minimum atomic E-state index is -0.748. The van der Waals surface area contributed by atoms with E-state index in [9.17, 15) is 10.2 Å². The van der Waals surface area contributed by atoms with Crippen LogP contribution in [0.2, 0.25) is 0 Å². The van der Waals surface area contributed by atoms with Gasteiger partial charge in [0.1, 0.15) is 0 Å². The highest BCUT2D eigenvalue weighted by atomic mass is 16.3. The van der Waals surface area contributed by atoms with Crippen LogP contribution >= 0.6 is 0 Å². The van der Waals surface area contributed by atoms with E-state index in [1.165, 1.54) is 50.5 Å². The van der Waals surface area contributed by atoms with Crippen LogP contribution in [0.15, 0.2) is 24.3 Å². The Labute approximate surface area is 198 Å². The highest BCUT2D eigenvalue weighted by molar-refractivity contribution is 5.22. The summed E-state index contributed by atoms with van der Waals surface area (Å²) in [5.74, 6) is 2.84. The molecule has 0 aliphatic heterocycles. The van der Waals surface area contributed by atoms with E-state index in [1.54, 1.807) is 0 Å². The van der Waals surface area contributed by atoms with Crippen LogP contribution in [0.4, 0.5) is 0 Å². The van der Waals surface area contributed by atoms with Crippen molar-refractivity contribution >= 4 is 0 Å². The predicted octanol–water partition coefficient (Wildman–Crippen LogP) is 7.31. The first-order valence-electron chi connectivity index (χ1n) is 13.4. The molecule has 0 amide bonds. The Morgan fingerprint density at radius 1 is 0.906 bits per heavy atom. The first-order valence-corrected chi connectivity index (χ1v) is 13.4. The van der Waals surface area contributed by atoms with Crippen LogP contribution in [0.1, 0.15) is 106 Å². The van der Waals surface area contributed by atoms with Crippen molar-refractivity contribution in [3.05, 3.63) is 24.3 Å². The molecule has 4 saturated carbocycles. The molecule has 4 aliphatic rings. The van der Waals surface area contributed by atoms with Gasteiger partial charge in [-0.2, -0.15) is 0 Å². The average molecular weight is 443 g/mol. The SMILES string of the molecule is C=C(C/C=C/C(C)(C)O)[C@H]1CC[C@@]2(C)[C@@H]3CC[C@H]4C(C)(C)[C@@H](O)CC[C@]4(C)[C@H]3CC[C@]12C. The van der Waals surface area contributed by atoms with E-state index < -0.39 is 5.60 Å². The fourth-order valence-corrected chi connectivity index (χ4v) is 9.79. The van der Waals surface area contributed by atoms with Crippen LogP contribution in [0.5, 0.6) is 0 Å². The normalized spacial score (nSPS) is 48.2. The fraction of sp³-hybridized carbons (Fsp3) is 0.867. The zero-order valence-corrected chi connectivity index (χ0v) is 22.0. The molecule has 0 radical (unpaired) electrons. The third kappa shape index (κ3) is 3.49. The van der Waals surface area contributed by atoms with E-state index in [0.29, 0.717) is 28.1 Å². The molecular formula is C30H50O2. The quantitative estimate of drug-likeness (QED) is 0.448. The van der Waals surface area contributed by atoms with Crippen LogP contribution in [0.25, 0.3) is 0 Å². The van der Waals surface area contributed by atoms with Gasteiger partial charge in [-0.25, -0.2) is 0 Å². The number of rotatable bonds is 4. The van der Waals surface area contributed by atoms with Crippen molar-refractivity contribution in [2.24, 2.45) is 45.3 Å². The molecular weight excluding hydrogens is 392 g/mol. The summed E-state index contributed by atoms with van der Waals surface area (Å²) >= 11 is 0. The zero-order chi connectivity index (χ0) is 23.7. The van der Waals surface area contributed by atoms with E-state index in [1.807, 2.05) is 19.9 Å². The third-order valence-electron chi connectivity index (χ3n) is 11.8. The summed E-state index contributed by atoms with van der Waals surface area (Å²) in [5, 5.41) is 20.9. The summed E-state index contributed by atoms with van der Waals surface area (Å²) in [6.45, 7) is 20.8. The Kier molecular flexibility index (Phi) is 5.90. The van der Waals surface area contributed by atoms with Gasteiger partial charge in [0.05, 0.1) is 11.7 Å². The number of aliphatic hydroxyl groups is 2. The molecule has 0 saturated heterocycles. The van der Waals surface area contributed by atoms with Gasteiger partial charge < -0.3 is 10.2 Å². The van der Waals surface area contributed by atoms with Crippen molar-refractivity contribution in [2.45, 2.75) is 118 Å². The molecule has 2 heteroatoms. The van der Waals surface area contributed by atoms with Gasteiger partial charge in [0.25, 0.3) is 0 Å². The van der Waals surface area contributed by atoms with Gasteiger partial charge in [0.15, 0.2) is 0 Å². The van der Waals surface area contributed by atoms with Crippen molar-refractivity contribution in [1.82, 2.24) is 0 Å². The molecule has 2 nitrogen and oxygen atoms in total. The number of hydrogen-bond donors (Lipinski definition) is 2. The van der Waals surface area contributed by atoms with Crippen molar-refractivity contribution in [2.75, 3.05) is 0 Å². The molecule has 4 aliphatic carbocycles. The second-order valence-corrected chi connectivity index (χ2v) is 14.1. The average Bonchev–Trinajstić information content (AvgIpc) is 2.96. The first-order chi connectivity index (χ1) is 14.7. The van der Waals surface area contributed by atoms with Gasteiger partial charge >= 0.3 is 0 Å². The van der Waals surface area contributed by atoms with Crippen molar-refractivity contribution in [1.29, 1.82) is 0 Å². The minimum Gasteiger partial charge on any atom is -0.393 e. The summed E-state index contributed by atoms with van der Waals surface area (Å²) in [6.07, 6.45) is 14.9. The molecule has 4 fully saturated rings. The molecule has 0 spiro atoms. The Bertz CT molecular complexity index is 772. The van der Waals surface area contributed by atoms with Gasteiger partial charge in [-0.1, -0.05) is 58.9 Å². The van der Waals surface area contributed by atoms with Gasteiger partial charge in [0, 0.05) is 0 Å². The van der Waals surface area contributed by atoms with Crippen molar-refractivity contribution in [3.8, 4) is 0 Å². The highest BCUT2D eigenvalue weighted by Crippen LogP contribution is 2.74. The standard InChI is InChI=1S/C30H50O2/c1-20(10-9-16-26(2,3)32)21-13-18-30(8)23-11-12-24-27(4,5)25(31)15-17-28(24,6)22(23)14-19-29(21,30)7/h9,16,21-25,31-32H,1,10-15,17-19H2,2-8H3/b16-9+/t21-,22+,23-,24+,25+,28-,29-,30+/m1/s1. The maximum Gasteiger partial charge on any atom is 0.0771 e. The number of hydrogen-bond acceptors (Lipinski definition) is 2. The summed E-state index contributed by atoms with van der Waals surface area (Å²) in [4.78, 5) is 0.